The van der Waals surface area contributed by atoms with Crippen molar-refractivity contribution in [1.82, 2.24) is 9.97 Å². The number of hydrogen-bond donors (Lipinski definition) is 0. The number of rotatable bonds is 4. The number of fused-ring (bicyclic) bond motifs is 1. The summed E-state index contributed by atoms with van der Waals surface area (Å²) in [7, 11) is 0. The topological polar surface area (TPSA) is 78.4 Å². The minimum absolute atomic E-state index is 0.242. The molecule has 2 aromatic heterocycles. The van der Waals surface area contributed by atoms with Crippen LogP contribution in [0, 0.1) is 13.8 Å². The van der Waals surface area contributed by atoms with Crippen LogP contribution >= 0.6 is 23.1 Å². The predicted molar refractivity (Wildman–Crippen MR) is 107 cm³/mol. The molecule has 3 aromatic rings. The highest BCUT2D eigenvalue weighted by Crippen LogP contribution is 2.38. The van der Waals surface area contributed by atoms with Crippen molar-refractivity contribution in [2.24, 2.45) is 0 Å². The van der Waals surface area contributed by atoms with Crippen LogP contribution in [0.2, 0.25) is 0 Å². The molecule has 1 aromatic carbocycles. The Morgan fingerprint density at radius 1 is 1.29 bits per heavy atom. The molecule has 4 rings (SSSR count). The van der Waals surface area contributed by atoms with E-state index in [9.17, 15) is 9.59 Å². The maximum Gasteiger partial charge on any atom is 0.347 e. The lowest BCUT2D eigenvalue weighted by Crippen LogP contribution is -2.23. The van der Waals surface area contributed by atoms with Gasteiger partial charge in [0.05, 0.1) is 5.56 Å². The highest BCUT2D eigenvalue weighted by Gasteiger charge is 2.35. The number of thiophene rings is 1. The van der Waals surface area contributed by atoms with Crippen molar-refractivity contribution in [2.45, 2.75) is 49.3 Å². The lowest BCUT2D eigenvalue weighted by atomic mass is 10.2. The van der Waals surface area contributed by atoms with Crippen LogP contribution in [0.3, 0.4) is 0 Å². The van der Waals surface area contributed by atoms with Crippen molar-refractivity contribution in [3.05, 3.63) is 46.6 Å². The molecule has 3 heterocycles. The molecule has 1 aliphatic rings. The van der Waals surface area contributed by atoms with Crippen molar-refractivity contribution in [1.29, 1.82) is 0 Å². The van der Waals surface area contributed by atoms with E-state index in [0.29, 0.717) is 12.0 Å². The van der Waals surface area contributed by atoms with E-state index in [2.05, 4.69) is 23.8 Å². The normalized spacial score (nSPS) is 19.0. The van der Waals surface area contributed by atoms with Gasteiger partial charge in [0.2, 0.25) is 6.10 Å². The average Bonchev–Trinajstić information content (AvgIpc) is 3.14. The lowest BCUT2D eigenvalue weighted by Gasteiger charge is -2.11. The molecule has 0 aliphatic carbocycles. The van der Waals surface area contributed by atoms with Gasteiger partial charge in [-0.15, -0.1) is 11.3 Å². The molecular formula is C20H18N2O4S2. The van der Waals surface area contributed by atoms with E-state index >= 15 is 0 Å². The van der Waals surface area contributed by atoms with Crippen LogP contribution in [-0.2, 0) is 14.3 Å². The van der Waals surface area contributed by atoms with Gasteiger partial charge in [0, 0.05) is 21.6 Å². The zero-order chi connectivity index (χ0) is 19.8. The van der Waals surface area contributed by atoms with Crippen LogP contribution in [-0.4, -0.2) is 34.1 Å². The molecule has 1 aliphatic heterocycles. The van der Waals surface area contributed by atoms with Crippen molar-refractivity contribution in [3.63, 3.8) is 0 Å². The predicted octanol–water partition coefficient (Wildman–Crippen LogP) is 4.32. The monoisotopic (exact) mass is 414 g/mol. The standard InChI is InChI=1S/C20H18N2O4S2/c1-10-8-14(20(24)25-10)26-19(23)13-6-4-5-7-15(13)28-18-16-11(2)12(3)27-17(16)21-9-22-18/h4-7,9-10,14H,8H2,1-3H3/t10-,14-/m1/s1. The summed E-state index contributed by atoms with van der Waals surface area (Å²) in [5.41, 5.74) is 1.54. The number of carbonyl (C=O) groups excluding carboxylic acids is 2. The maximum atomic E-state index is 12.7. The summed E-state index contributed by atoms with van der Waals surface area (Å²) >= 11 is 3.03. The largest absolute Gasteiger partial charge is 0.460 e. The van der Waals surface area contributed by atoms with Gasteiger partial charge >= 0.3 is 11.9 Å². The Hall–Kier alpha value is -2.45. The Labute approximate surface area is 170 Å². The van der Waals surface area contributed by atoms with E-state index in [-0.39, 0.29) is 6.10 Å². The zero-order valence-electron chi connectivity index (χ0n) is 15.6. The molecule has 0 spiro atoms. The van der Waals surface area contributed by atoms with E-state index in [1.165, 1.54) is 23.0 Å². The fourth-order valence-electron chi connectivity index (χ4n) is 3.06. The van der Waals surface area contributed by atoms with Crippen molar-refractivity contribution in [3.8, 4) is 0 Å². The fourth-order valence-corrected chi connectivity index (χ4v) is 5.19. The molecule has 1 fully saturated rings. The van der Waals surface area contributed by atoms with Gasteiger partial charge in [-0.25, -0.2) is 19.6 Å². The minimum atomic E-state index is -0.854. The van der Waals surface area contributed by atoms with Crippen LogP contribution in [0.15, 0.2) is 40.5 Å². The molecule has 144 valence electrons. The van der Waals surface area contributed by atoms with Gasteiger partial charge in [0.25, 0.3) is 0 Å². The SMILES string of the molecule is Cc1sc2ncnc(Sc3ccccc3C(=O)O[C@@H]3C[C@@H](C)OC3=O)c2c1C. The number of esters is 2. The van der Waals surface area contributed by atoms with Gasteiger partial charge in [-0.2, -0.15) is 0 Å². The quantitative estimate of drug-likeness (QED) is 0.465. The number of nitrogens with zero attached hydrogens (tertiary/aromatic N) is 2. The number of aryl methyl sites for hydroxylation is 2. The van der Waals surface area contributed by atoms with E-state index in [1.807, 2.05) is 12.1 Å². The third-order valence-corrected chi connectivity index (χ3v) is 6.81. The van der Waals surface area contributed by atoms with Crippen molar-refractivity contribution >= 4 is 45.3 Å². The summed E-state index contributed by atoms with van der Waals surface area (Å²) in [6, 6.07) is 7.17. The Morgan fingerprint density at radius 2 is 2.07 bits per heavy atom. The van der Waals surface area contributed by atoms with Crippen molar-refractivity contribution in [2.75, 3.05) is 0 Å². The van der Waals surface area contributed by atoms with E-state index in [1.54, 1.807) is 30.4 Å². The molecular weight excluding hydrogens is 396 g/mol. The second-order valence-electron chi connectivity index (χ2n) is 6.62. The summed E-state index contributed by atoms with van der Waals surface area (Å²) in [4.78, 5) is 36.1. The molecule has 0 N–H and O–H groups in total. The number of benzene rings is 1. The lowest BCUT2D eigenvalue weighted by molar-refractivity contribution is -0.147. The minimum Gasteiger partial charge on any atom is -0.460 e. The van der Waals surface area contributed by atoms with Gasteiger partial charge < -0.3 is 9.47 Å². The summed E-state index contributed by atoms with van der Waals surface area (Å²) < 4.78 is 10.5. The Kier molecular flexibility index (Phi) is 5.07. The smallest absolute Gasteiger partial charge is 0.347 e. The number of aromatic nitrogens is 2. The summed E-state index contributed by atoms with van der Waals surface area (Å²) in [6.45, 7) is 5.89. The zero-order valence-corrected chi connectivity index (χ0v) is 17.2. The first-order chi connectivity index (χ1) is 13.4. The van der Waals surface area contributed by atoms with Crippen LogP contribution < -0.4 is 0 Å². The number of hydrogen-bond acceptors (Lipinski definition) is 8. The summed E-state index contributed by atoms with van der Waals surface area (Å²) in [6.07, 6.45) is 0.818. The van der Waals surface area contributed by atoms with Crippen molar-refractivity contribution < 1.29 is 19.1 Å². The van der Waals surface area contributed by atoms with Gasteiger partial charge in [-0.05, 0) is 38.5 Å². The van der Waals surface area contributed by atoms with Gasteiger partial charge in [0.1, 0.15) is 22.3 Å². The molecule has 28 heavy (non-hydrogen) atoms. The summed E-state index contributed by atoms with van der Waals surface area (Å²) in [5, 5.41) is 1.80. The third kappa shape index (κ3) is 3.49. The summed E-state index contributed by atoms with van der Waals surface area (Å²) in [5.74, 6) is -1.03. The van der Waals surface area contributed by atoms with Gasteiger partial charge in [-0.1, -0.05) is 23.9 Å². The van der Waals surface area contributed by atoms with Crippen LogP contribution in [0.4, 0.5) is 0 Å². The molecule has 1 saturated heterocycles. The molecule has 0 amide bonds. The molecule has 2 atom stereocenters. The molecule has 0 saturated carbocycles. The molecule has 0 unspecified atom stereocenters. The third-order valence-electron chi connectivity index (χ3n) is 4.62. The molecule has 0 bridgehead atoms. The number of carbonyl (C=O) groups is 2. The van der Waals surface area contributed by atoms with Crippen LogP contribution in [0.1, 0.15) is 34.1 Å². The molecule has 6 nitrogen and oxygen atoms in total. The Bertz CT molecular complexity index is 1080. The van der Waals surface area contributed by atoms with E-state index in [4.69, 9.17) is 9.47 Å². The first-order valence-corrected chi connectivity index (χ1v) is 10.5. The molecule has 8 heteroatoms. The van der Waals surface area contributed by atoms with E-state index in [0.717, 1.165) is 25.7 Å². The Balaban J connectivity index is 1.64. The van der Waals surface area contributed by atoms with Gasteiger partial charge in [0.15, 0.2) is 0 Å². The van der Waals surface area contributed by atoms with E-state index < -0.39 is 18.0 Å². The van der Waals surface area contributed by atoms with Gasteiger partial charge in [-0.3, -0.25) is 0 Å². The Morgan fingerprint density at radius 3 is 2.82 bits per heavy atom. The van der Waals surface area contributed by atoms with Crippen LogP contribution in [0.5, 0.6) is 0 Å². The highest BCUT2D eigenvalue weighted by atomic mass is 32.2. The number of cyclic esters (lactones) is 1. The second-order valence-corrected chi connectivity index (χ2v) is 8.85. The number of ether oxygens (including phenoxy) is 2. The average molecular weight is 415 g/mol. The molecule has 0 radical (unpaired) electrons. The maximum absolute atomic E-state index is 12.7. The second kappa shape index (κ2) is 7.52. The van der Waals surface area contributed by atoms with Crippen LogP contribution in [0.25, 0.3) is 10.2 Å². The first-order valence-electron chi connectivity index (χ1n) is 8.83. The highest BCUT2D eigenvalue weighted by molar-refractivity contribution is 7.99. The first kappa shape index (κ1) is 18.9. The fraction of sp³-hybridized carbons (Fsp3) is 0.300.